The Balaban J connectivity index is 2.29. The third-order valence-corrected chi connectivity index (χ3v) is 3.38. The fraction of sp³-hybridized carbons (Fsp3) is 0.600. The summed E-state index contributed by atoms with van der Waals surface area (Å²) < 4.78 is 6.26. The largest absolute Gasteiger partial charge is 0.496 e. The van der Waals surface area contributed by atoms with E-state index in [9.17, 15) is 0 Å². The number of aryl methyl sites for hydroxylation is 1. The summed E-state index contributed by atoms with van der Waals surface area (Å²) in [5.41, 5.74) is 1.58. The second kappa shape index (κ2) is 7.15. The van der Waals surface area contributed by atoms with Gasteiger partial charge in [-0.1, -0.05) is 6.07 Å². The number of unbranched alkanes of at least 4 members (excludes halogenated alkanes) is 1. The van der Waals surface area contributed by atoms with Crippen LogP contribution >= 0.6 is 15.9 Å². The summed E-state index contributed by atoms with van der Waals surface area (Å²) in [6.07, 6.45) is 3.54. The van der Waals surface area contributed by atoms with E-state index in [0.29, 0.717) is 0 Å². The Morgan fingerprint density at radius 3 is 2.50 bits per heavy atom. The zero-order valence-corrected chi connectivity index (χ0v) is 13.4. The summed E-state index contributed by atoms with van der Waals surface area (Å²) in [4.78, 5) is 0. The molecule has 0 aromatic heterocycles. The molecule has 1 aromatic carbocycles. The molecular formula is C15H24BrNO. The van der Waals surface area contributed by atoms with Crippen molar-refractivity contribution in [3.8, 4) is 5.75 Å². The van der Waals surface area contributed by atoms with E-state index in [4.69, 9.17) is 4.74 Å². The fourth-order valence-corrected chi connectivity index (χ4v) is 2.37. The normalized spacial score (nSPS) is 11.6. The average Bonchev–Trinajstić information content (AvgIpc) is 2.27. The highest BCUT2D eigenvalue weighted by molar-refractivity contribution is 9.10. The van der Waals surface area contributed by atoms with Gasteiger partial charge < -0.3 is 10.1 Å². The molecular weight excluding hydrogens is 290 g/mol. The molecule has 18 heavy (non-hydrogen) atoms. The van der Waals surface area contributed by atoms with Crippen molar-refractivity contribution in [3.63, 3.8) is 0 Å². The van der Waals surface area contributed by atoms with Crippen molar-refractivity contribution in [2.75, 3.05) is 13.7 Å². The lowest BCUT2D eigenvalue weighted by molar-refractivity contribution is 0.411. The van der Waals surface area contributed by atoms with Crippen LogP contribution in [0.3, 0.4) is 0 Å². The standard InChI is InChI=1S/C15H24BrNO/c1-15(2,3)17-10-6-5-7-12-8-9-14(18-4)13(16)11-12/h8-9,11,17H,5-7,10H2,1-4H3. The van der Waals surface area contributed by atoms with Gasteiger partial charge in [0.2, 0.25) is 0 Å². The van der Waals surface area contributed by atoms with Crippen LogP contribution in [0, 0.1) is 0 Å². The summed E-state index contributed by atoms with van der Waals surface area (Å²) >= 11 is 3.52. The second-order valence-corrected chi connectivity index (χ2v) is 6.46. The number of benzene rings is 1. The van der Waals surface area contributed by atoms with Crippen LogP contribution in [0.15, 0.2) is 22.7 Å². The zero-order valence-electron chi connectivity index (χ0n) is 11.8. The minimum absolute atomic E-state index is 0.225. The molecule has 1 N–H and O–H groups in total. The van der Waals surface area contributed by atoms with Crippen LogP contribution < -0.4 is 10.1 Å². The van der Waals surface area contributed by atoms with E-state index < -0.39 is 0 Å². The van der Waals surface area contributed by atoms with Gasteiger partial charge in [-0.15, -0.1) is 0 Å². The first-order chi connectivity index (χ1) is 8.42. The highest BCUT2D eigenvalue weighted by Gasteiger charge is 2.07. The summed E-state index contributed by atoms with van der Waals surface area (Å²) in [6, 6.07) is 6.31. The number of ether oxygens (including phenoxy) is 1. The highest BCUT2D eigenvalue weighted by Crippen LogP contribution is 2.26. The van der Waals surface area contributed by atoms with Gasteiger partial charge in [-0.25, -0.2) is 0 Å². The molecule has 0 aliphatic carbocycles. The molecule has 0 atom stereocenters. The lowest BCUT2D eigenvalue weighted by Crippen LogP contribution is -2.36. The van der Waals surface area contributed by atoms with Crippen molar-refractivity contribution in [2.24, 2.45) is 0 Å². The molecule has 0 unspecified atom stereocenters. The van der Waals surface area contributed by atoms with Crippen LogP contribution in [0.2, 0.25) is 0 Å². The predicted molar refractivity (Wildman–Crippen MR) is 81.4 cm³/mol. The number of methoxy groups -OCH3 is 1. The number of hydrogen-bond acceptors (Lipinski definition) is 2. The van der Waals surface area contributed by atoms with Crippen molar-refractivity contribution < 1.29 is 4.74 Å². The van der Waals surface area contributed by atoms with Crippen LogP contribution in [-0.2, 0) is 6.42 Å². The molecule has 3 heteroatoms. The quantitative estimate of drug-likeness (QED) is 0.796. The molecule has 0 heterocycles. The maximum atomic E-state index is 5.22. The molecule has 0 amide bonds. The first kappa shape index (κ1) is 15.5. The molecule has 0 fully saturated rings. The van der Waals surface area contributed by atoms with Crippen molar-refractivity contribution in [1.82, 2.24) is 5.32 Å². The molecule has 0 saturated heterocycles. The summed E-state index contributed by atoms with van der Waals surface area (Å²) in [7, 11) is 1.69. The van der Waals surface area contributed by atoms with Crippen molar-refractivity contribution in [1.29, 1.82) is 0 Å². The first-order valence-electron chi connectivity index (χ1n) is 6.50. The maximum Gasteiger partial charge on any atom is 0.133 e. The first-order valence-corrected chi connectivity index (χ1v) is 7.29. The van der Waals surface area contributed by atoms with Gasteiger partial charge in [0.25, 0.3) is 0 Å². The number of halogens is 1. The fourth-order valence-electron chi connectivity index (χ4n) is 1.78. The average molecular weight is 314 g/mol. The van der Waals surface area contributed by atoms with Gasteiger partial charge in [-0.2, -0.15) is 0 Å². The van der Waals surface area contributed by atoms with Crippen LogP contribution in [-0.4, -0.2) is 19.2 Å². The van der Waals surface area contributed by atoms with E-state index in [-0.39, 0.29) is 5.54 Å². The van der Waals surface area contributed by atoms with E-state index in [1.807, 2.05) is 6.07 Å². The topological polar surface area (TPSA) is 21.3 Å². The lowest BCUT2D eigenvalue weighted by Gasteiger charge is -2.20. The van der Waals surface area contributed by atoms with E-state index in [1.165, 1.54) is 18.4 Å². The van der Waals surface area contributed by atoms with Crippen molar-refractivity contribution >= 4 is 15.9 Å². The smallest absolute Gasteiger partial charge is 0.133 e. The van der Waals surface area contributed by atoms with E-state index in [0.717, 1.165) is 23.2 Å². The molecule has 1 rings (SSSR count). The molecule has 0 aliphatic heterocycles. The van der Waals surface area contributed by atoms with Gasteiger partial charge in [0.1, 0.15) is 5.75 Å². The third-order valence-electron chi connectivity index (χ3n) is 2.76. The van der Waals surface area contributed by atoms with Gasteiger partial charge >= 0.3 is 0 Å². The zero-order chi connectivity index (χ0) is 13.6. The van der Waals surface area contributed by atoms with E-state index in [1.54, 1.807) is 7.11 Å². The molecule has 2 nitrogen and oxygen atoms in total. The van der Waals surface area contributed by atoms with Gasteiger partial charge in [0, 0.05) is 5.54 Å². The number of hydrogen-bond donors (Lipinski definition) is 1. The van der Waals surface area contributed by atoms with E-state index in [2.05, 4.69) is 54.2 Å². The Morgan fingerprint density at radius 2 is 1.94 bits per heavy atom. The van der Waals surface area contributed by atoms with Gasteiger partial charge in [-0.05, 0) is 80.2 Å². The van der Waals surface area contributed by atoms with Crippen LogP contribution in [0.25, 0.3) is 0 Å². The molecule has 0 aliphatic rings. The van der Waals surface area contributed by atoms with Gasteiger partial charge in [0.05, 0.1) is 11.6 Å². The Kier molecular flexibility index (Phi) is 6.16. The Bertz CT molecular complexity index is 371. The van der Waals surface area contributed by atoms with Crippen molar-refractivity contribution in [2.45, 2.75) is 45.6 Å². The molecule has 1 aromatic rings. The Morgan fingerprint density at radius 1 is 1.22 bits per heavy atom. The number of nitrogens with one attached hydrogen (secondary N) is 1. The number of rotatable bonds is 6. The molecule has 0 spiro atoms. The Labute approximate surface area is 119 Å². The second-order valence-electron chi connectivity index (χ2n) is 5.60. The lowest BCUT2D eigenvalue weighted by atomic mass is 10.1. The van der Waals surface area contributed by atoms with Gasteiger partial charge in [0.15, 0.2) is 0 Å². The highest BCUT2D eigenvalue weighted by atomic mass is 79.9. The minimum Gasteiger partial charge on any atom is -0.496 e. The van der Waals surface area contributed by atoms with Crippen LogP contribution in [0.1, 0.15) is 39.2 Å². The van der Waals surface area contributed by atoms with Gasteiger partial charge in [-0.3, -0.25) is 0 Å². The third kappa shape index (κ3) is 5.87. The van der Waals surface area contributed by atoms with Crippen LogP contribution in [0.5, 0.6) is 5.75 Å². The Hall–Kier alpha value is -0.540. The summed E-state index contributed by atoms with van der Waals surface area (Å²) in [5, 5.41) is 3.51. The predicted octanol–water partition coefficient (Wildman–Crippen LogP) is 4.17. The molecule has 0 radical (unpaired) electrons. The maximum absolute atomic E-state index is 5.22. The summed E-state index contributed by atoms with van der Waals surface area (Å²) in [5.74, 6) is 0.896. The summed E-state index contributed by atoms with van der Waals surface area (Å²) in [6.45, 7) is 7.69. The molecule has 102 valence electrons. The minimum atomic E-state index is 0.225. The monoisotopic (exact) mass is 313 g/mol. The van der Waals surface area contributed by atoms with Crippen LogP contribution in [0.4, 0.5) is 0 Å². The molecule has 0 saturated carbocycles. The SMILES string of the molecule is COc1ccc(CCCCNC(C)(C)C)cc1Br. The molecule has 0 bridgehead atoms. The van der Waals surface area contributed by atoms with Crippen molar-refractivity contribution in [3.05, 3.63) is 28.2 Å². The van der Waals surface area contributed by atoms with E-state index >= 15 is 0 Å².